The summed E-state index contributed by atoms with van der Waals surface area (Å²) in [4.78, 5) is 6.00. The largest absolute Gasteiger partial charge is 0.442 e. The summed E-state index contributed by atoms with van der Waals surface area (Å²) >= 11 is 13.9. The standard InChI is InChI=1S/C19H20Cl2N4OS/c1-11(2)25(4)10-23-15-8-14(20)16(7-12(15)3)26-18-13(9-22)17(24-27-18)19(21)5-6-19/h7-8,10-11H,5-6H2,1-4H3. The molecule has 0 aliphatic heterocycles. The number of aliphatic imine (C=N–C) groups is 1. The Morgan fingerprint density at radius 3 is 2.74 bits per heavy atom. The van der Waals surface area contributed by atoms with Gasteiger partial charge in [0.25, 0.3) is 0 Å². The Morgan fingerprint density at radius 1 is 1.44 bits per heavy atom. The number of nitriles is 1. The van der Waals surface area contributed by atoms with Crippen LogP contribution in [0.25, 0.3) is 0 Å². The van der Waals surface area contributed by atoms with Crippen LogP contribution in [0.3, 0.4) is 0 Å². The summed E-state index contributed by atoms with van der Waals surface area (Å²) < 4.78 is 10.3. The van der Waals surface area contributed by atoms with Gasteiger partial charge in [-0.15, -0.1) is 11.6 Å². The first-order chi connectivity index (χ1) is 12.7. The highest BCUT2D eigenvalue weighted by Crippen LogP contribution is 2.54. The lowest BCUT2D eigenvalue weighted by molar-refractivity contribution is 0.429. The number of aromatic nitrogens is 1. The van der Waals surface area contributed by atoms with E-state index in [0.29, 0.717) is 33.1 Å². The fraction of sp³-hybridized carbons (Fsp3) is 0.421. The molecular weight excluding hydrogens is 403 g/mol. The maximum absolute atomic E-state index is 9.51. The molecule has 1 fully saturated rings. The van der Waals surface area contributed by atoms with E-state index in [1.807, 2.05) is 24.9 Å². The van der Waals surface area contributed by atoms with Crippen molar-refractivity contribution >= 4 is 46.8 Å². The molecule has 0 atom stereocenters. The summed E-state index contributed by atoms with van der Waals surface area (Å²) in [6.45, 7) is 6.11. The number of nitrogens with zero attached hydrogens (tertiary/aromatic N) is 4. The molecule has 1 aromatic heterocycles. The number of hydrogen-bond acceptors (Lipinski definition) is 5. The van der Waals surface area contributed by atoms with Crippen molar-refractivity contribution in [3.8, 4) is 16.9 Å². The van der Waals surface area contributed by atoms with Crippen LogP contribution in [0.1, 0.15) is 43.5 Å². The highest BCUT2D eigenvalue weighted by Gasteiger charge is 2.47. The van der Waals surface area contributed by atoms with E-state index >= 15 is 0 Å². The van der Waals surface area contributed by atoms with Gasteiger partial charge in [0, 0.05) is 24.6 Å². The lowest BCUT2D eigenvalue weighted by Crippen LogP contribution is -2.24. The molecule has 1 aliphatic rings. The smallest absolute Gasteiger partial charge is 0.218 e. The van der Waals surface area contributed by atoms with Crippen molar-refractivity contribution in [1.29, 1.82) is 5.26 Å². The molecule has 1 saturated carbocycles. The van der Waals surface area contributed by atoms with Crippen LogP contribution in [0.4, 0.5) is 5.69 Å². The maximum Gasteiger partial charge on any atom is 0.218 e. The van der Waals surface area contributed by atoms with Gasteiger partial charge in [0.15, 0.2) is 0 Å². The fourth-order valence-electron chi connectivity index (χ4n) is 2.34. The predicted octanol–water partition coefficient (Wildman–Crippen LogP) is 6.00. The molecule has 3 rings (SSSR count). The van der Waals surface area contributed by atoms with Crippen LogP contribution in [0, 0.1) is 18.3 Å². The third-order valence-electron chi connectivity index (χ3n) is 4.53. The van der Waals surface area contributed by atoms with Crippen LogP contribution < -0.4 is 4.74 Å². The summed E-state index contributed by atoms with van der Waals surface area (Å²) in [7, 11) is 1.97. The first-order valence-corrected chi connectivity index (χ1v) is 10.1. The molecule has 5 nitrogen and oxygen atoms in total. The van der Waals surface area contributed by atoms with Gasteiger partial charge in [-0.1, -0.05) is 11.6 Å². The number of rotatable bonds is 6. The molecule has 1 heterocycles. The highest BCUT2D eigenvalue weighted by atomic mass is 35.5. The first kappa shape index (κ1) is 19.9. The van der Waals surface area contributed by atoms with E-state index < -0.39 is 4.87 Å². The molecule has 142 valence electrons. The van der Waals surface area contributed by atoms with Crippen LogP contribution in [0.2, 0.25) is 5.02 Å². The molecule has 2 aromatic rings. The Labute approximate surface area is 173 Å². The lowest BCUT2D eigenvalue weighted by Gasteiger charge is -2.17. The maximum atomic E-state index is 9.51. The molecule has 0 amide bonds. The minimum atomic E-state index is -0.510. The molecule has 0 spiro atoms. The Morgan fingerprint density at radius 2 is 2.15 bits per heavy atom. The van der Waals surface area contributed by atoms with Gasteiger partial charge in [-0.3, -0.25) is 0 Å². The monoisotopic (exact) mass is 422 g/mol. The zero-order valence-electron chi connectivity index (χ0n) is 15.6. The lowest BCUT2D eigenvalue weighted by atomic mass is 10.2. The number of aryl methyl sites for hydroxylation is 1. The second kappa shape index (κ2) is 7.67. The van der Waals surface area contributed by atoms with E-state index in [-0.39, 0.29) is 0 Å². The topological polar surface area (TPSA) is 61.5 Å². The van der Waals surface area contributed by atoms with Gasteiger partial charge in [-0.25, -0.2) is 4.99 Å². The van der Waals surface area contributed by atoms with E-state index in [4.69, 9.17) is 27.9 Å². The SMILES string of the molecule is Cc1cc(Oc2snc(C3(Cl)CC3)c2C#N)c(Cl)cc1N=CN(C)C(C)C. The van der Waals surface area contributed by atoms with E-state index in [2.05, 4.69) is 29.3 Å². The molecule has 1 aromatic carbocycles. The number of halogens is 2. The van der Waals surface area contributed by atoms with Crippen molar-refractivity contribution in [3.05, 3.63) is 34.0 Å². The average molecular weight is 423 g/mol. The molecule has 0 saturated heterocycles. The molecule has 0 unspecified atom stereocenters. The van der Waals surface area contributed by atoms with Gasteiger partial charge in [0.1, 0.15) is 17.4 Å². The van der Waals surface area contributed by atoms with Gasteiger partial charge in [0.2, 0.25) is 5.06 Å². The first-order valence-electron chi connectivity index (χ1n) is 8.58. The number of hydrogen-bond donors (Lipinski definition) is 0. The van der Waals surface area contributed by atoms with Crippen molar-refractivity contribution in [3.63, 3.8) is 0 Å². The van der Waals surface area contributed by atoms with Gasteiger partial charge in [-0.2, -0.15) is 9.64 Å². The Hall–Kier alpha value is -1.81. The van der Waals surface area contributed by atoms with Gasteiger partial charge in [0.05, 0.1) is 27.6 Å². The van der Waals surface area contributed by atoms with Crippen LogP contribution >= 0.6 is 34.7 Å². The van der Waals surface area contributed by atoms with E-state index in [9.17, 15) is 5.26 Å². The molecule has 8 heteroatoms. The Balaban J connectivity index is 1.86. The van der Waals surface area contributed by atoms with Crippen LogP contribution in [0.5, 0.6) is 10.8 Å². The quantitative estimate of drug-likeness (QED) is 0.325. The molecule has 0 radical (unpaired) electrons. The Bertz CT molecular complexity index is 929. The van der Waals surface area contributed by atoms with E-state index in [0.717, 1.165) is 35.6 Å². The summed E-state index contributed by atoms with van der Waals surface area (Å²) in [5.41, 5.74) is 2.68. The normalized spacial score (nSPS) is 15.2. The third kappa shape index (κ3) is 4.21. The van der Waals surface area contributed by atoms with E-state index in [1.165, 1.54) is 0 Å². The summed E-state index contributed by atoms with van der Waals surface area (Å²) in [6.07, 6.45) is 3.43. The number of benzene rings is 1. The van der Waals surface area contributed by atoms with Crippen molar-refractivity contribution in [2.45, 2.75) is 44.5 Å². The number of alkyl halides is 1. The summed E-state index contributed by atoms with van der Waals surface area (Å²) in [5, 5.41) is 10.3. The molecule has 27 heavy (non-hydrogen) atoms. The summed E-state index contributed by atoms with van der Waals surface area (Å²) in [6, 6.07) is 6.10. The van der Waals surface area contributed by atoms with Crippen molar-refractivity contribution in [2.24, 2.45) is 4.99 Å². The van der Waals surface area contributed by atoms with Gasteiger partial charge < -0.3 is 9.64 Å². The zero-order chi connectivity index (χ0) is 19.8. The van der Waals surface area contributed by atoms with Crippen molar-refractivity contribution in [2.75, 3.05) is 7.05 Å². The van der Waals surface area contributed by atoms with Crippen molar-refractivity contribution in [1.82, 2.24) is 9.27 Å². The molecule has 0 bridgehead atoms. The van der Waals surface area contributed by atoms with Crippen LogP contribution in [-0.4, -0.2) is 28.7 Å². The van der Waals surface area contributed by atoms with Crippen molar-refractivity contribution < 1.29 is 4.74 Å². The van der Waals surface area contributed by atoms with Gasteiger partial charge >= 0.3 is 0 Å². The highest BCUT2D eigenvalue weighted by molar-refractivity contribution is 7.08. The average Bonchev–Trinajstić information content (AvgIpc) is 3.23. The second-order valence-electron chi connectivity index (χ2n) is 6.95. The second-order valence-corrected chi connectivity index (χ2v) is 8.81. The zero-order valence-corrected chi connectivity index (χ0v) is 17.9. The fourth-order valence-corrected chi connectivity index (χ4v) is 3.62. The van der Waals surface area contributed by atoms with Crippen LogP contribution in [0.15, 0.2) is 17.1 Å². The Kier molecular flexibility index (Phi) is 5.66. The van der Waals surface area contributed by atoms with Gasteiger partial charge in [-0.05, 0) is 51.3 Å². The minimum absolute atomic E-state index is 0.355. The summed E-state index contributed by atoms with van der Waals surface area (Å²) in [5.74, 6) is 0.469. The third-order valence-corrected chi connectivity index (χ3v) is 6.11. The van der Waals surface area contributed by atoms with E-state index in [1.54, 1.807) is 12.4 Å². The molecule has 1 aliphatic carbocycles. The molecule has 0 N–H and O–H groups in total. The van der Waals surface area contributed by atoms with Crippen LogP contribution in [-0.2, 0) is 4.87 Å². The number of ether oxygens (including phenoxy) is 1. The molecular formula is C19H20Cl2N4OS. The minimum Gasteiger partial charge on any atom is -0.442 e. The predicted molar refractivity (Wildman–Crippen MR) is 111 cm³/mol.